The van der Waals surface area contributed by atoms with Crippen molar-refractivity contribution in [2.45, 2.75) is 6.92 Å². The maximum Gasteiger partial charge on any atom is 0.335 e. The minimum absolute atomic E-state index is 0.0676. The van der Waals surface area contributed by atoms with Gasteiger partial charge in [0.15, 0.2) is 0 Å². The topological polar surface area (TPSA) is 110 Å². The number of rotatable bonds is 3. The Bertz CT molecular complexity index is 691. The lowest BCUT2D eigenvalue weighted by atomic mass is 10.1. The van der Waals surface area contributed by atoms with Gasteiger partial charge in [-0.25, -0.2) is 4.79 Å². The largest absolute Gasteiger partial charge is 0.478 e. The van der Waals surface area contributed by atoms with Crippen molar-refractivity contribution in [3.63, 3.8) is 0 Å². The van der Waals surface area contributed by atoms with Crippen molar-refractivity contribution in [1.82, 2.24) is 9.78 Å². The molecule has 7 heteroatoms. The van der Waals surface area contributed by atoms with Gasteiger partial charge >= 0.3 is 5.97 Å². The van der Waals surface area contributed by atoms with Crippen molar-refractivity contribution in [3.05, 3.63) is 41.2 Å². The normalized spacial score (nSPS) is 10.3. The molecule has 0 radical (unpaired) electrons. The number of nitrogens with two attached hydrogens (primary N) is 1. The average Bonchev–Trinajstić information content (AvgIpc) is 2.72. The third kappa shape index (κ3) is 2.46. The van der Waals surface area contributed by atoms with Crippen molar-refractivity contribution in [3.8, 4) is 0 Å². The summed E-state index contributed by atoms with van der Waals surface area (Å²) in [4.78, 5) is 22.9. The number of nitrogen functional groups attached to an aromatic ring is 1. The summed E-state index contributed by atoms with van der Waals surface area (Å²) >= 11 is 0. The summed E-state index contributed by atoms with van der Waals surface area (Å²) < 4.78 is 1.59. The minimum atomic E-state index is -1.07. The van der Waals surface area contributed by atoms with E-state index in [0.717, 1.165) is 5.69 Å². The maximum absolute atomic E-state index is 12.1. The molecule has 0 aliphatic rings. The molecular weight excluding hydrogens is 260 g/mol. The van der Waals surface area contributed by atoms with E-state index in [4.69, 9.17) is 10.8 Å². The Morgan fingerprint density at radius 3 is 2.60 bits per heavy atom. The Kier molecular flexibility index (Phi) is 3.43. The summed E-state index contributed by atoms with van der Waals surface area (Å²) in [5.74, 6) is -1.41. The number of nitrogens with one attached hydrogen (secondary N) is 1. The smallest absolute Gasteiger partial charge is 0.335 e. The fraction of sp³-hybridized carbons (Fsp3) is 0.154. The Balaban J connectivity index is 2.24. The van der Waals surface area contributed by atoms with E-state index in [9.17, 15) is 9.59 Å². The number of carbonyl (C=O) groups is 2. The lowest BCUT2D eigenvalue weighted by Crippen LogP contribution is -2.14. The van der Waals surface area contributed by atoms with Crippen LogP contribution in [0, 0.1) is 6.92 Å². The van der Waals surface area contributed by atoms with E-state index >= 15 is 0 Å². The van der Waals surface area contributed by atoms with Gasteiger partial charge in [0.25, 0.3) is 5.91 Å². The van der Waals surface area contributed by atoms with Gasteiger partial charge in [-0.15, -0.1) is 0 Å². The molecule has 0 saturated heterocycles. The molecule has 0 bridgehead atoms. The zero-order valence-electron chi connectivity index (χ0n) is 11.0. The van der Waals surface area contributed by atoms with E-state index in [0.29, 0.717) is 11.3 Å². The Morgan fingerprint density at radius 1 is 1.40 bits per heavy atom. The standard InChI is InChI=1S/C13H14N4O3/c1-7-9(6-15-17(7)2)12(18)16-11-4-3-8(13(19)20)5-10(11)14/h3-6H,14H2,1-2H3,(H,16,18)(H,19,20). The first kappa shape index (κ1) is 13.6. The lowest BCUT2D eigenvalue weighted by Gasteiger charge is -2.08. The lowest BCUT2D eigenvalue weighted by molar-refractivity contribution is 0.0697. The molecule has 0 unspecified atom stereocenters. The molecule has 0 aliphatic carbocycles. The van der Waals surface area contributed by atoms with Gasteiger partial charge in [-0.1, -0.05) is 0 Å². The molecule has 0 spiro atoms. The molecule has 0 saturated carbocycles. The van der Waals surface area contributed by atoms with Gasteiger partial charge in [-0.2, -0.15) is 5.10 Å². The van der Waals surface area contributed by atoms with Crippen molar-refractivity contribution in [2.24, 2.45) is 7.05 Å². The molecular formula is C13H14N4O3. The van der Waals surface area contributed by atoms with E-state index in [1.807, 2.05) is 0 Å². The van der Waals surface area contributed by atoms with Crippen LogP contribution in [0.3, 0.4) is 0 Å². The number of carbonyl (C=O) groups excluding carboxylic acids is 1. The fourth-order valence-electron chi connectivity index (χ4n) is 1.72. The molecule has 0 aliphatic heterocycles. The first-order valence-corrected chi connectivity index (χ1v) is 5.83. The number of hydrogen-bond acceptors (Lipinski definition) is 4. The van der Waals surface area contributed by atoms with Gasteiger partial charge in [0.1, 0.15) is 0 Å². The van der Waals surface area contributed by atoms with Gasteiger partial charge in [0.05, 0.1) is 28.7 Å². The van der Waals surface area contributed by atoms with Crippen LogP contribution in [-0.4, -0.2) is 26.8 Å². The predicted octanol–water partition coefficient (Wildman–Crippen LogP) is 1.26. The van der Waals surface area contributed by atoms with Crippen molar-refractivity contribution in [1.29, 1.82) is 0 Å². The molecule has 1 amide bonds. The minimum Gasteiger partial charge on any atom is -0.478 e. The van der Waals surface area contributed by atoms with Crippen LogP contribution < -0.4 is 11.1 Å². The predicted molar refractivity (Wildman–Crippen MR) is 73.7 cm³/mol. The van der Waals surface area contributed by atoms with E-state index in [1.54, 1.807) is 18.7 Å². The first-order chi connectivity index (χ1) is 9.40. The molecule has 104 valence electrons. The van der Waals surface area contributed by atoms with E-state index in [1.165, 1.54) is 24.4 Å². The Labute approximate surface area is 115 Å². The summed E-state index contributed by atoms with van der Waals surface area (Å²) in [7, 11) is 1.74. The molecule has 2 rings (SSSR count). The Hall–Kier alpha value is -2.83. The number of carboxylic acid groups (broad SMARTS) is 1. The summed E-state index contributed by atoms with van der Waals surface area (Å²) in [6.07, 6.45) is 1.46. The number of carboxylic acids is 1. The highest BCUT2D eigenvalue weighted by molar-refractivity contribution is 6.06. The van der Waals surface area contributed by atoms with Gasteiger partial charge in [0.2, 0.25) is 0 Å². The highest BCUT2D eigenvalue weighted by Crippen LogP contribution is 2.21. The molecule has 1 aromatic carbocycles. The molecule has 1 heterocycles. The number of aryl methyl sites for hydroxylation is 1. The summed E-state index contributed by atoms with van der Waals surface area (Å²) in [5, 5.41) is 15.5. The van der Waals surface area contributed by atoms with Gasteiger partial charge < -0.3 is 16.2 Å². The molecule has 1 aromatic heterocycles. The first-order valence-electron chi connectivity index (χ1n) is 5.83. The summed E-state index contributed by atoms with van der Waals surface area (Å²) in [6, 6.07) is 4.14. The maximum atomic E-state index is 12.1. The van der Waals surface area contributed by atoms with Crippen LogP contribution in [0.5, 0.6) is 0 Å². The second kappa shape index (κ2) is 5.04. The highest BCUT2D eigenvalue weighted by Gasteiger charge is 2.14. The second-order valence-electron chi connectivity index (χ2n) is 4.33. The second-order valence-corrected chi connectivity index (χ2v) is 4.33. The SMILES string of the molecule is Cc1c(C(=O)Nc2ccc(C(=O)O)cc2N)cnn1C. The monoisotopic (exact) mass is 274 g/mol. The zero-order valence-corrected chi connectivity index (χ0v) is 11.0. The fourth-order valence-corrected chi connectivity index (χ4v) is 1.72. The van der Waals surface area contributed by atoms with Crippen LogP contribution in [0.25, 0.3) is 0 Å². The van der Waals surface area contributed by atoms with Crippen LogP contribution in [0.4, 0.5) is 11.4 Å². The third-order valence-electron chi connectivity index (χ3n) is 3.03. The molecule has 4 N–H and O–H groups in total. The number of benzene rings is 1. The van der Waals surface area contributed by atoms with Crippen molar-refractivity contribution >= 4 is 23.3 Å². The number of nitrogens with zero attached hydrogens (tertiary/aromatic N) is 2. The van der Waals surface area contributed by atoms with E-state index in [-0.39, 0.29) is 17.2 Å². The van der Waals surface area contributed by atoms with Crippen LogP contribution in [0.1, 0.15) is 26.4 Å². The van der Waals surface area contributed by atoms with Gasteiger partial charge in [0, 0.05) is 12.7 Å². The summed E-state index contributed by atoms with van der Waals surface area (Å²) in [5.41, 5.74) is 7.52. The quantitative estimate of drug-likeness (QED) is 0.730. The van der Waals surface area contributed by atoms with Gasteiger partial charge in [-0.05, 0) is 25.1 Å². The highest BCUT2D eigenvalue weighted by atomic mass is 16.4. The zero-order chi connectivity index (χ0) is 14.9. The number of amides is 1. The summed E-state index contributed by atoms with van der Waals surface area (Å²) in [6.45, 7) is 1.78. The van der Waals surface area contributed by atoms with Crippen LogP contribution >= 0.6 is 0 Å². The van der Waals surface area contributed by atoms with Gasteiger partial charge in [-0.3, -0.25) is 9.48 Å². The third-order valence-corrected chi connectivity index (χ3v) is 3.03. The van der Waals surface area contributed by atoms with E-state index < -0.39 is 5.97 Å². The number of hydrogen-bond donors (Lipinski definition) is 3. The average molecular weight is 274 g/mol. The van der Waals surface area contributed by atoms with E-state index in [2.05, 4.69) is 10.4 Å². The number of anilines is 2. The van der Waals surface area contributed by atoms with Crippen LogP contribution in [0.2, 0.25) is 0 Å². The molecule has 0 atom stereocenters. The van der Waals surface area contributed by atoms with Crippen molar-refractivity contribution in [2.75, 3.05) is 11.1 Å². The van der Waals surface area contributed by atoms with Crippen LogP contribution in [-0.2, 0) is 7.05 Å². The van der Waals surface area contributed by atoms with Crippen molar-refractivity contribution < 1.29 is 14.7 Å². The Morgan fingerprint density at radius 2 is 2.10 bits per heavy atom. The van der Waals surface area contributed by atoms with Crippen LogP contribution in [0.15, 0.2) is 24.4 Å². The molecule has 0 fully saturated rings. The number of aromatic carboxylic acids is 1. The molecule has 2 aromatic rings. The molecule has 7 nitrogen and oxygen atoms in total. The molecule has 20 heavy (non-hydrogen) atoms. The number of aromatic nitrogens is 2.